The number of anilines is 1. The lowest BCUT2D eigenvalue weighted by atomic mass is 9.98. The molecule has 0 saturated carbocycles. The van der Waals surface area contributed by atoms with Gasteiger partial charge in [-0.25, -0.2) is 4.79 Å². The van der Waals surface area contributed by atoms with Gasteiger partial charge in [-0.3, -0.25) is 4.98 Å². The highest BCUT2D eigenvalue weighted by Crippen LogP contribution is 2.35. The molecule has 2 aromatic carbocycles. The molecule has 0 unspecified atom stereocenters. The van der Waals surface area contributed by atoms with E-state index in [9.17, 15) is 9.90 Å². The molecule has 26 heavy (non-hydrogen) atoms. The zero-order valence-electron chi connectivity index (χ0n) is 14.3. The van der Waals surface area contributed by atoms with Gasteiger partial charge in [0.05, 0.1) is 18.3 Å². The Balaban J connectivity index is 0.00000196. The number of halogens is 1. The molecule has 1 aliphatic heterocycles. The third-order valence-electron chi connectivity index (χ3n) is 4.72. The van der Waals surface area contributed by atoms with E-state index in [1.807, 2.05) is 30.3 Å². The molecule has 0 amide bonds. The van der Waals surface area contributed by atoms with Crippen LogP contribution in [0, 0.1) is 0 Å². The Kier molecular flexibility index (Phi) is 5.00. The minimum absolute atomic E-state index is 0. The van der Waals surface area contributed by atoms with Crippen molar-refractivity contribution in [1.29, 1.82) is 0 Å². The number of carbonyl (C=O) groups is 1. The molecule has 1 N–H and O–H groups in total. The van der Waals surface area contributed by atoms with Gasteiger partial charge in [0.2, 0.25) is 0 Å². The summed E-state index contributed by atoms with van der Waals surface area (Å²) in [6.45, 7) is 1.46. The first-order valence-electron chi connectivity index (χ1n) is 8.19. The maximum Gasteiger partial charge on any atom is 0.339 e. The van der Waals surface area contributed by atoms with Crippen LogP contribution in [0.2, 0.25) is 0 Å². The van der Waals surface area contributed by atoms with Gasteiger partial charge in [0.15, 0.2) is 0 Å². The lowest BCUT2D eigenvalue weighted by molar-refractivity contribution is 0.0697. The van der Waals surface area contributed by atoms with Crippen LogP contribution in [-0.2, 0) is 13.0 Å². The number of methoxy groups -OCH3 is 1. The van der Waals surface area contributed by atoms with E-state index in [2.05, 4.69) is 22.0 Å². The SMILES string of the molecule is COc1ccc2ncc(C(=O)O)c(N3CCc4ccccc4C3)c2c1.Cl. The number of fused-ring (bicyclic) bond motifs is 2. The highest BCUT2D eigenvalue weighted by molar-refractivity contribution is 6.05. The van der Waals surface area contributed by atoms with Crippen LogP contribution in [0.1, 0.15) is 21.5 Å². The summed E-state index contributed by atoms with van der Waals surface area (Å²) in [5, 5.41) is 10.5. The lowest BCUT2D eigenvalue weighted by Crippen LogP contribution is -2.31. The van der Waals surface area contributed by atoms with Crippen LogP contribution >= 0.6 is 12.4 Å². The van der Waals surface area contributed by atoms with Crippen molar-refractivity contribution in [3.8, 4) is 5.75 Å². The van der Waals surface area contributed by atoms with E-state index in [0.717, 1.165) is 23.9 Å². The number of carboxylic acid groups (broad SMARTS) is 1. The third kappa shape index (κ3) is 3.06. The number of aromatic nitrogens is 1. The Labute approximate surface area is 157 Å². The largest absolute Gasteiger partial charge is 0.497 e. The van der Waals surface area contributed by atoms with E-state index in [4.69, 9.17) is 4.74 Å². The summed E-state index contributed by atoms with van der Waals surface area (Å²) in [7, 11) is 1.60. The fourth-order valence-electron chi connectivity index (χ4n) is 3.47. The maximum absolute atomic E-state index is 11.8. The number of hydrogen-bond donors (Lipinski definition) is 1. The van der Waals surface area contributed by atoms with Crippen molar-refractivity contribution in [1.82, 2.24) is 4.98 Å². The number of nitrogens with zero attached hydrogens (tertiary/aromatic N) is 2. The molecule has 1 aromatic heterocycles. The van der Waals surface area contributed by atoms with Crippen LogP contribution in [0.5, 0.6) is 5.75 Å². The van der Waals surface area contributed by atoms with Crippen LogP contribution < -0.4 is 9.64 Å². The summed E-state index contributed by atoms with van der Waals surface area (Å²) in [6.07, 6.45) is 2.34. The standard InChI is InChI=1S/C20H18N2O3.ClH/c1-25-15-6-7-18-16(10-15)19(17(11-21-18)20(23)24)22-9-8-13-4-2-3-5-14(13)12-22;/h2-7,10-11H,8-9,12H2,1H3,(H,23,24);1H. The molecule has 5 nitrogen and oxygen atoms in total. The molecule has 2 heterocycles. The summed E-state index contributed by atoms with van der Waals surface area (Å²) in [5.74, 6) is -0.276. The van der Waals surface area contributed by atoms with Crippen LogP contribution in [0.25, 0.3) is 10.9 Å². The van der Waals surface area contributed by atoms with Gasteiger partial charge in [0, 0.05) is 24.7 Å². The summed E-state index contributed by atoms with van der Waals surface area (Å²) < 4.78 is 5.33. The van der Waals surface area contributed by atoms with Gasteiger partial charge >= 0.3 is 5.97 Å². The lowest BCUT2D eigenvalue weighted by Gasteiger charge is -2.32. The molecule has 6 heteroatoms. The minimum Gasteiger partial charge on any atom is -0.497 e. The quantitative estimate of drug-likeness (QED) is 0.757. The number of aromatic carboxylic acids is 1. The summed E-state index contributed by atoms with van der Waals surface area (Å²) in [6, 6.07) is 13.9. The van der Waals surface area contributed by atoms with Gasteiger partial charge in [-0.1, -0.05) is 24.3 Å². The molecule has 0 atom stereocenters. The van der Waals surface area contributed by atoms with E-state index in [1.54, 1.807) is 7.11 Å². The van der Waals surface area contributed by atoms with Crippen molar-refractivity contribution in [2.75, 3.05) is 18.6 Å². The Bertz CT molecular complexity index is 974. The Hall–Kier alpha value is -2.79. The maximum atomic E-state index is 11.8. The second-order valence-corrected chi connectivity index (χ2v) is 6.15. The van der Waals surface area contributed by atoms with Crippen molar-refractivity contribution in [2.24, 2.45) is 0 Å². The fraction of sp³-hybridized carbons (Fsp3) is 0.200. The normalized spacial score (nSPS) is 13.0. The molecular formula is C20H19ClN2O3. The van der Waals surface area contributed by atoms with Gasteiger partial charge in [0.25, 0.3) is 0 Å². The van der Waals surface area contributed by atoms with Gasteiger partial charge in [-0.05, 0) is 35.7 Å². The number of rotatable bonds is 3. The van der Waals surface area contributed by atoms with Crippen LogP contribution in [0.3, 0.4) is 0 Å². The first kappa shape index (κ1) is 18.0. The van der Waals surface area contributed by atoms with Crippen molar-refractivity contribution in [3.63, 3.8) is 0 Å². The van der Waals surface area contributed by atoms with Crippen molar-refractivity contribution >= 4 is 35.0 Å². The smallest absolute Gasteiger partial charge is 0.339 e. The van der Waals surface area contributed by atoms with E-state index in [-0.39, 0.29) is 18.0 Å². The van der Waals surface area contributed by atoms with Gasteiger partial charge < -0.3 is 14.7 Å². The van der Waals surface area contributed by atoms with E-state index in [1.165, 1.54) is 17.3 Å². The summed E-state index contributed by atoms with van der Waals surface area (Å²) >= 11 is 0. The molecule has 0 spiro atoms. The second kappa shape index (κ2) is 7.22. The van der Waals surface area contributed by atoms with Gasteiger partial charge in [0.1, 0.15) is 11.3 Å². The zero-order valence-corrected chi connectivity index (χ0v) is 15.1. The van der Waals surface area contributed by atoms with E-state index < -0.39 is 5.97 Å². The predicted octanol–water partition coefficient (Wildman–Crippen LogP) is 3.93. The number of ether oxygens (including phenoxy) is 1. The topological polar surface area (TPSA) is 62.7 Å². The Morgan fingerprint density at radius 3 is 2.69 bits per heavy atom. The highest BCUT2D eigenvalue weighted by Gasteiger charge is 2.24. The Morgan fingerprint density at radius 1 is 1.19 bits per heavy atom. The summed E-state index contributed by atoms with van der Waals surface area (Å²) in [4.78, 5) is 18.3. The van der Waals surface area contributed by atoms with Gasteiger partial charge in [-0.2, -0.15) is 0 Å². The molecular weight excluding hydrogens is 352 g/mol. The average Bonchev–Trinajstić information content (AvgIpc) is 2.66. The first-order valence-corrected chi connectivity index (χ1v) is 8.19. The van der Waals surface area contributed by atoms with E-state index >= 15 is 0 Å². The van der Waals surface area contributed by atoms with E-state index in [0.29, 0.717) is 18.0 Å². The van der Waals surface area contributed by atoms with Crippen LogP contribution in [0.15, 0.2) is 48.7 Å². The van der Waals surface area contributed by atoms with Crippen LogP contribution in [0.4, 0.5) is 5.69 Å². The molecule has 1 aliphatic rings. The third-order valence-corrected chi connectivity index (χ3v) is 4.72. The summed E-state index contributed by atoms with van der Waals surface area (Å²) in [5.41, 5.74) is 4.26. The molecule has 134 valence electrons. The number of pyridine rings is 1. The minimum atomic E-state index is -0.967. The fourth-order valence-corrected chi connectivity index (χ4v) is 3.47. The monoisotopic (exact) mass is 370 g/mol. The van der Waals surface area contributed by atoms with Crippen molar-refractivity contribution < 1.29 is 14.6 Å². The molecule has 0 fully saturated rings. The number of carboxylic acids is 1. The molecule has 0 aliphatic carbocycles. The molecule has 0 radical (unpaired) electrons. The molecule has 4 rings (SSSR count). The first-order chi connectivity index (χ1) is 12.2. The Morgan fingerprint density at radius 2 is 1.96 bits per heavy atom. The molecule has 3 aromatic rings. The predicted molar refractivity (Wildman–Crippen MR) is 104 cm³/mol. The average molecular weight is 371 g/mol. The highest BCUT2D eigenvalue weighted by atomic mass is 35.5. The van der Waals surface area contributed by atoms with Crippen LogP contribution in [-0.4, -0.2) is 29.7 Å². The molecule has 0 saturated heterocycles. The van der Waals surface area contributed by atoms with Gasteiger partial charge in [-0.15, -0.1) is 12.4 Å². The zero-order chi connectivity index (χ0) is 17.4. The van der Waals surface area contributed by atoms with Crippen molar-refractivity contribution in [3.05, 3.63) is 65.4 Å². The second-order valence-electron chi connectivity index (χ2n) is 6.15. The van der Waals surface area contributed by atoms with Crippen molar-refractivity contribution in [2.45, 2.75) is 13.0 Å². The number of hydrogen-bond acceptors (Lipinski definition) is 4. The number of benzene rings is 2. The molecule has 0 bridgehead atoms.